The molecule has 3 N–H and O–H groups in total. The van der Waals surface area contributed by atoms with Crippen molar-refractivity contribution in [2.24, 2.45) is 5.73 Å². The van der Waals surface area contributed by atoms with E-state index < -0.39 is 0 Å². The highest BCUT2D eigenvalue weighted by Gasteiger charge is 2.13. The third kappa shape index (κ3) is 3.32. The van der Waals surface area contributed by atoms with Gasteiger partial charge < -0.3 is 20.3 Å². The average Bonchev–Trinajstić information content (AvgIpc) is 2.49. The van der Waals surface area contributed by atoms with Gasteiger partial charge in [0.1, 0.15) is 10.7 Å². The Labute approximate surface area is 129 Å². The fraction of sp³-hybridized carbons (Fsp3) is 0.188. The van der Waals surface area contributed by atoms with Crippen molar-refractivity contribution in [3.8, 4) is 17.2 Å². The predicted molar refractivity (Wildman–Crippen MR) is 86.1 cm³/mol. The topological polar surface area (TPSA) is 64.7 Å². The van der Waals surface area contributed by atoms with Crippen molar-refractivity contribution in [2.75, 3.05) is 7.11 Å². The van der Waals surface area contributed by atoms with Gasteiger partial charge in [-0.2, -0.15) is 0 Å². The SMILES string of the molecule is COc1cc(CO)ccc1Oc1c(C)cccc1C(N)=S. The van der Waals surface area contributed by atoms with Crippen LogP contribution in [-0.2, 0) is 6.61 Å². The van der Waals surface area contributed by atoms with Gasteiger partial charge in [0.2, 0.25) is 0 Å². The summed E-state index contributed by atoms with van der Waals surface area (Å²) in [5, 5.41) is 9.17. The molecule has 0 bridgehead atoms. The third-order valence-corrected chi connectivity index (χ3v) is 3.32. The summed E-state index contributed by atoms with van der Waals surface area (Å²) in [6.07, 6.45) is 0. The van der Waals surface area contributed by atoms with Gasteiger partial charge in [-0.15, -0.1) is 0 Å². The molecule has 0 aromatic heterocycles. The number of hydrogen-bond donors (Lipinski definition) is 2. The summed E-state index contributed by atoms with van der Waals surface area (Å²) in [5.74, 6) is 1.69. The lowest BCUT2D eigenvalue weighted by Crippen LogP contribution is -2.11. The molecule has 2 aromatic rings. The lowest BCUT2D eigenvalue weighted by Gasteiger charge is -2.15. The van der Waals surface area contributed by atoms with Crippen molar-refractivity contribution in [1.29, 1.82) is 0 Å². The Morgan fingerprint density at radius 2 is 2.00 bits per heavy atom. The van der Waals surface area contributed by atoms with Gasteiger partial charge in [0, 0.05) is 0 Å². The molecule has 110 valence electrons. The fourth-order valence-electron chi connectivity index (χ4n) is 1.99. The highest BCUT2D eigenvalue weighted by molar-refractivity contribution is 7.80. The molecule has 0 unspecified atom stereocenters. The predicted octanol–water partition coefficient (Wildman–Crippen LogP) is 2.92. The van der Waals surface area contributed by atoms with Gasteiger partial charge in [0.25, 0.3) is 0 Å². The fourth-order valence-corrected chi connectivity index (χ4v) is 2.15. The van der Waals surface area contributed by atoms with Crippen molar-refractivity contribution >= 4 is 17.2 Å². The molecule has 4 nitrogen and oxygen atoms in total. The van der Waals surface area contributed by atoms with Crippen molar-refractivity contribution in [3.05, 3.63) is 53.1 Å². The van der Waals surface area contributed by atoms with E-state index in [-0.39, 0.29) is 11.6 Å². The molecule has 5 heteroatoms. The number of aryl methyl sites for hydroxylation is 1. The van der Waals surface area contributed by atoms with Gasteiger partial charge in [-0.3, -0.25) is 0 Å². The molecule has 2 aromatic carbocycles. The quantitative estimate of drug-likeness (QED) is 0.832. The second-order valence-corrected chi connectivity index (χ2v) is 5.00. The van der Waals surface area contributed by atoms with Crippen LogP contribution in [0.5, 0.6) is 17.2 Å². The molecule has 21 heavy (non-hydrogen) atoms. The van der Waals surface area contributed by atoms with Gasteiger partial charge in [-0.1, -0.05) is 30.4 Å². The second kappa shape index (κ2) is 6.56. The van der Waals surface area contributed by atoms with Crippen LogP contribution in [-0.4, -0.2) is 17.2 Å². The number of para-hydroxylation sites is 1. The first-order valence-corrected chi connectivity index (χ1v) is 6.82. The Balaban J connectivity index is 2.45. The van der Waals surface area contributed by atoms with Crippen LogP contribution in [0.2, 0.25) is 0 Å². The van der Waals surface area contributed by atoms with Crippen LogP contribution in [0, 0.1) is 6.92 Å². The van der Waals surface area contributed by atoms with E-state index in [0.29, 0.717) is 22.8 Å². The van der Waals surface area contributed by atoms with Crippen LogP contribution >= 0.6 is 12.2 Å². The third-order valence-electron chi connectivity index (χ3n) is 3.10. The minimum absolute atomic E-state index is 0.0564. The first-order chi connectivity index (χ1) is 10.1. The number of ether oxygens (including phenoxy) is 2. The van der Waals surface area contributed by atoms with Gasteiger partial charge in [0.05, 0.1) is 19.3 Å². The van der Waals surface area contributed by atoms with E-state index in [1.54, 1.807) is 25.3 Å². The maximum atomic E-state index is 9.17. The summed E-state index contributed by atoms with van der Waals surface area (Å²) in [6, 6.07) is 10.9. The monoisotopic (exact) mass is 303 g/mol. The molecule has 0 aliphatic rings. The molecule has 0 atom stereocenters. The maximum Gasteiger partial charge on any atom is 0.169 e. The molecule has 0 heterocycles. The molecule has 0 saturated heterocycles. The molecule has 0 amide bonds. The Hall–Kier alpha value is -2.11. The molecule has 0 saturated carbocycles. The highest BCUT2D eigenvalue weighted by atomic mass is 32.1. The van der Waals surface area contributed by atoms with Crippen LogP contribution in [0.25, 0.3) is 0 Å². The van der Waals surface area contributed by atoms with Crippen LogP contribution < -0.4 is 15.2 Å². The van der Waals surface area contributed by atoms with Crippen LogP contribution in [0.4, 0.5) is 0 Å². The summed E-state index contributed by atoms with van der Waals surface area (Å²) in [7, 11) is 1.55. The Kier molecular flexibility index (Phi) is 4.77. The number of hydrogen-bond acceptors (Lipinski definition) is 4. The van der Waals surface area contributed by atoms with Crippen molar-refractivity contribution in [2.45, 2.75) is 13.5 Å². The Morgan fingerprint density at radius 1 is 1.24 bits per heavy atom. The van der Waals surface area contributed by atoms with Gasteiger partial charge in [-0.25, -0.2) is 0 Å². The summed E-state index contributed by atoms with van der Waals surface area (Å²) in [6.45, 7) is 1.87. The lowest BCUT2D eigenvalue weighted by atomic mass is 10.1. The summed E-state index contributed by atoms with van der Waals surface area (Å²) < 4.78 is 11.2. The van der Waals surface area contributed by atoms with Crippen LogP contribution in [0.15, 0.2) is 36.4 Å². The zero-order chi connectivity index (χ0) is 15.4. The van der Waals surface area contributed by atoms with Gasteiger partial charge in [-0.05, 0) is 36.2 Å². The number of benzene rings is 2. The molecule has 0 spiro atoms. The first kappa shape index (κ1) is 15.3. The van der Waals surface area contributed by atoms with E-state index in [1.165, 1.54) is 0 Å². The van der Waals surface area contributed by atoms with Crippen molar-refractivity contribution in [3.63, 3.8) is 0 Å². The molecule has 0 aliphatic heterocycles. The van der Waals surface area contributed by atoms with Crippen LogP contribution in [0.1, 0.15) is 16.7 Å². The number of aliphatic hydroxyl groups is 1. The number of aliphatic hydroxyl groups excluding tert-OH is 1. The van der Waals surface area contributed by atoms with Crippen molar-refractivity contribution in [1.82, 2.24) is 0 Å². The number of nitrogens with two attached hydrogens (primary N) is 1. The molecule has 0 radical (unpaired) electrons. The second-order valence-electron chi connectivity index (χ2n) is 4.56. The minimum Gasteiger partial charge on any atom is -0.493 e. The standard InChI is InChI=1S/C16H17NO3S/c1-10-4-3-5-12(16(17)21)15(10)20-13-7-6-11(9-18)8-14(13)19-2/h3-8,18H,9H2,1-2H3,(H2,17,21). The molecule has 2 rings (SSSR count). The van der Waals surface area contributed by atoms with E-state index in [4.69, 9.17) is 32.5 Å². The zero-order valence-electron chi connectivity index (χ0n) is 11.9. The normalized spacial score (nSPS) is 10.2. The summed E-state index contributed by atoms with van der Waals surface area (Å²) >= 11 is 5.06. The van der Waals surface area contributed by atoms with E-state index in [2.05, 4.69) is 0 Å². The Morgan fingerprint density at radius 3 is 2.62 bits per heavy atom. The number of thiocarbonyl (C=S) groups is 1. The molecule has 0 aliphatic carbocycles. The Bertz CT molecular complexity index is 671. The zero-order valence-corrected chi connectivity index (χ0v) is 12.7. The molecular formula is C16H17NO3S. The maximum absolute atomic E-state index is 9.17. The highest BCUT2D eigenvalue weighted by Crippen LogP contribution is 2.35. The van der Waals surface area contributed by atoms with E-state index in [1.807, 2.05) is 25.1 Å². The largest absolute Gasteiger partial charge is 0.493 e. The van der Waals surface area contributed by atoms with E-state index in [9.17, 15) is 0 Å². The molecule has 0 fully saturated rings. The first-order valence-electron chi connectivity index (χ1n) is 6.42. The smallest absolute Gasteiger partial charge is 0.169 e. The van der Waals surface area contributed by atoms with E-state index in [0.717, 1.165) is 11.1 Å². The average molecular weight is 303 g/mol. The lowest BCUT2D eigenvalue weighted by molar-refractivity contribution is 0.280. The summed E-state index contributed by atoms with van der Waals surface area (Å²) in [5.41, 5.74) is 8.09. The summed E-state index contributed by atoms with van der Waals surface area (Å²) in [4.78, 5) is 0.277. The van der Waals surface area contributed by atoms with Gasteiger partial charge in [0.15, 0.2) is 11.5 Å². The number of rotatable bonds is 5. The van der Waals surface area contributed by atoms with Crippen LogP contribution in [0.3, 0.4) is 0 Å². The molecular weight excluding hydrogens is 286 g/mol. The number of methoxy groups -OCH3 is 1. The minimum atomic E-state index is -0.0564. The van der Waals surface area contributed by atoms with Crippen molar-refractivity contribution < 1.29 is 14.6 Å². The van der Waals surface area contributed by atoms with E-state index >= 15 is 0 Å². The van der Waals surface area contributed by atoms with Gasteiger partial charge >= 0.3 is 0 Å².